The number of hydrogen-bond acceptors (Lipinski definition) is 4. The van der Waals surface area contributed by atoms with E-state index in [1.807, 2.05) is 19.9 Å². The fraction of sp³-hybridized carbons (Fsp3) is 0.158. The highest BCUT2D eigenvalue weighted by Crippen LogP contribution is 2.26. The van der Waals surface area contributed by atoms with Crippen LogP contribution in [0.3, 0.4) is 0 Å². The Bertz CT molecular complexity index is 1140. The Morgan fingerprint density at radius 2 is 2.00 bits per heavy atom. The predicted octanol–water partition coefficient (Wildman–Crippen LogP) is 4.21. The lowest BCUT2D eigenvalue weighted by molar-refractivity contribution is -0.384. The van der Waals surface area contributed by atoms with E-state index < -0.39 is 10.8 Å². The van der Waals surface area contributed by atoms with Gasteiger partial charge in [0.05, 0.1) is 10.4 Å². The molecule has 2 aromatic carbocycles. The molecule has 0 spiro atoms. The van der Waals surface area contributed by atoms with Gasteiger partial charge in [-0.05, 0) is 43.2 Å². The number of anilines is 1. The number of amides is 1. The van der Waals surface area contributed by atoms with Crippen molar-refractivity contribution >= 4 is 39.8 Å². The zero-order chi connectivity index (χ0) is 19.7. The first-order chi connectivity index (χ1) is 12.8. The molecule has 1 aromatic heterocycles. The van der Waals surface area contributed by atoms with Crippen LogP contribution in [0.2, 0.25) is 5.02 Å². The van der Waals surface area contributed by atoms with Crippen LogP contribution in [0.4, 0.5) is 11.4 Å². The Hall–Kier alpha value is -3.19. The smallest absolute Gasteiger partial charge is 0.288 e. The van der Waals surface area contributed by atoms with Gasteiger partial charge in [-0.15, -0.1) is 0 Å². The second-order valence-corrected chi connectivity index (χ2v) is 6.46. The number of carbonyl (C=O) groups excluding carboxylic acids is 1. The minimum atomic E-state index is -0.645. The van der Waals surface area contributed by atoms with Crippen molar-refractivity contribution in [2.75, 3.05) is 5.32 Å². The van der Waals surface area contributed by atoms with Crippen molar-refractivity contribution in [2.24, 2.45) is 0 Å². The average molecular weight is 386 g/mol. The first-order valence-corrected chi connectivity index (χ1v) is 8.60. The van der Waals surface area contributed by atoms with Gasteiger partial charge in [-0.3, -0.25) is 19.7 Å². The molecule has 0 aliphatic heterocycles. The van der Waals surface area contributed by atoms with E-state index in [1.54, 1.807) is 12.1 Å². The summed E-state index contributed by atoms with van der Waals surface area (Å²) in [7, 11) is 0. The minimum absolute atomic E-state index is 0.0398. The lowest BCUT2D eigenvalue weighted by Gasteiger charge is -2.10. The fourth-order valence-electron chi connectivity index (χ4n) is 3.01. The van der Waals surface area contributed by atoms with E-state index in [0.717, 1.165) is 22.6 Å². The van der Waals surface area contributed by atoms with Crippen LogP contribution in [0.15, 0.2) is 41.2 Å². The molecule has 0 unspecified atom stereocenters. The molecule has 0 atom stereocenters. The Morgan fingerprint density at radius 3 is 2.67 bits per heavy atom. The van der Waals surface area contributed by atoms with Crippen LogP contribution < -0.4 is 10.9 Å². The normalized spacial score (nSPS) is 10.8. The van der Waals surface area contributed by atoms with E-state index in [4.69, 9.17) is 11.6 Å². The zero-order valence-electron chi connectivity index (χ0n) is 14.6. The summed E-state index contributed by atoms with van der Waals surface area (Å²) < 4.78 is 0. The Morgan fingerprint density at radius 1 is 1.26 bits per heavy atom. The summed E-state index contributed by atoms with van der Waals surface area (Å²) in [5.41, 5.74) is 2.32. The second kappa shape index (κ2) is 7.20. The number of rotatable bonds is 4. The molecule has 0 bridgehead atoms. The Balaban J connectivity index is 1.95. The minimum Gasteiger partial charge on any atom is -0.322 e. The topological polar surface area (TPSA) is 105 Å². The van der Waals surface area contributed by atoms with Crippen molar-refractivity contribution < 1.29 is 9.72 Å². The number of nitro groups is 1. The number of aromatic nitrogens is 1. The lowest BCUT2D eigenvalue weighted by atomic mass is 10.0. The van der Waals surface area contributed by atoms with E-state index in [9.17, 15) is 19.7 Å². The van der Waals surface area contributed by atoms with Crippen molar-refractivity contribution in [3.8, 4) is 0 Å². The van der Waals surface area contributed by atoms with Gasteiger partial charge in [0.25, 0.3) is 17.2 Å². The maximum absolute atomic E-state index is 12.4. The number of nitrogens with one attached hydrogen (secondary N) is 2. The molecule has 1 heterocycles. The number of carbonyl (C=O) groups is 1. The van der Waals surface area contributed by atoms with Crippen LogP contribution in [0, 0.1) is 17.0 Å². The Kier molecular flexibility index (Phi) is 4.96. The summed E-state index contributed by atoms with van der Waals surface area (Å²) in [5.74, 6) is -0.515. The van der Waals surface area contributed by atoms with Crippen molar-refractivity contribution in [1.29, 1.82) is 0 Å². The number of benzene rings is 2. The number of H-pyrrole nitrogens is 1. The van der Waals surface area contributed by atoms with Crippen LogP contribution in [0.25, 0.3) is 10.9 Å². The SMILES string of the molecule is CCc1c(C)c2ccc(NC(=O)c3ccc(Cl)c([N+](=O)[O-])c3)cc2[nH]c1=O. The van der Waals surface area contributed by atoms with Crippen LogP contribution in [0.5, 0.6) is 0 Å². The maximum Gasteiger partial charge on any atom is 0.288 e. The summed E-state index contributed by atoms with van der Waals surface area (Å²) in [4.78, 5) is 37.7. The molecule has 27 heavy (non-hydrogen) atoms. The molecule has 0 radical (unpaired) electrons. The third-order valence-electron chi connectivity index (χ3n) is 4.41. The van der Waals surface area contributed by atoms with Gasteiger partial charge >= 0.3 is 0 Å². The van der Waals surface area contributed by atoms with Crippen molar-refractivity contribution in [1.82, 2.24) is 4.98 Å². The van der Waals surface area contributed by atoms with Gasteiger partial charge < -0.3 is 10.3 Å². The first kappa shape index (κ1) is 18.6. The predicted molar refractivity (Wildman–Crippen MR) is 105 cm³/mol. The van der Waals surface area contributed by atoms with E-state index in [1.165, 1.54) is 12.1 Å². The number of nitrogens with zero attached hydrogens (tertiary/aromatic N) is 1. The molecule has 3 rings (SSSR count). The highest BCUT2D eigenvalue weighted by atomic mass is 35.5. The standard InChI is InChI=1S/C19H16ClN3O4/c1-3-13-10(2)14-6-5-12(9-16(14)22-19(13)25)21-18(24)11-4-7-15(20)17(8-11)23(26)27/h4-9H,3H2,1-2H3,(H,21,24)(H,22,25). The second-order valence-electron chi connectivity index (χ2n) is 6.05. The summed E-state index contributed by atoms with van der Waals surface area (Å²) >= 11 is 5.77. The van der Waals surface area contributed by atoms with Gasteiger partial charge in [-0.25, -0.2) is 0 Å². The van der Waals surface area contributed by atoms with Gasteiger partial charge in [0.2, 0.25) is 0 Å². The van der Waals surface area contributed by atoms with Crippen molar-refractivity contribution in [3.05, 3.63) is 78.6 Å². The molecule has 0 aliphatic carbocycles. The zero-order valence-corrected chi connectivity index (χ0v) is 15.4. The first-order valence-electron chi connectivity index (χ1n) is 8.22. The summed E-state index contributed by atoms with van der Waals surface area (Å²) in [6.07, 6.45) is 0.630. The van der Waals surface area contributed by atoms with Crippen molar-refractivity contribution in [3.63, 3.8) is 0 Å². The molecular formula is C19H16ClN3O4. The largest absolute Gasteiger partial charge is 0.322 e. The van der Waals surface area contributed by atoms with E-state index in [2.05, 4.69) is 10.3 Å². The van der Waals surface area contributed by atoms with Crippen LogP contribution in [-0.2, 0) is 6.42 Å². The highest BCUT2D eigenvalue weighted by Gasteiger charge is 2.17. The molecule has 2 N–H and O–H groups in total. The molecule has 138 valence electrons. The van der Waals surface area contributed by atoms with E-state index in [0.29, 0.717) is 17.6 Å². The molecule has 3 aromatic rings. The summed E-state index contributed by atoms with van der Waals surface area (Å²) in [6, 6.07) is 9.03. The molecule has 0 fully saturated rings. The van der Waals surface area contributed by atoms with Crippen molar-refractivity contribution in [2.45, 2.75) is 20.3 Å². The number of pyridine rings is 1. The monoisotopic (exact) mass is 385 g/mol. The number of aromatic amines is 1. The lowest BCUT2D eigenvalue weighted by Crippen LogP contribution is -2.15. The summed E-state index contributed by atoms with van der Waals surface area (Å²) in [5, 5.41) is 14.5. The third-order valence-corrected chi connectivity index (χ3v) is 4.73. The molecular weight excluding hydrogens is 370 g/mol. The number of aryl methyl sites for hydroxylation is 1. The van der Waals surface area contributed by atoms with Crippen LogP contribution >= 0.6 is 11.6 Å². The van der Waals surface area contributed by atoms with Gasteiger partial charge in [0.15, 0.2) is 0 Å². The summed E-state index contributed by atoms with van der Waals surface area (Å²) in [6.45, 7) is 3.81. The van der Waals surface area contributed by atoms with Gasteiger partial charge in [-0.2, -0.15) is 0 Å². The molecule has 0 aliphatic rings. The maximum atomic E-state index is 12.4. The molecule has 7 nitrogen and oxygen atoms in total. The van der Waals surface area contributed by atoms with Crippen LogP contribution in [-0.4, -0.2) is 15.8 Å². The molecule has 0 saturated carbocycles. The molecule has 1 amide bonds. The van der Waals surface area contributed by atoms with Crippen LogP contribution in [0.1, 0.15) is 28.4 Å². The highest BCUT2D eigenvalue weighted by molar-refractivity contribution is 6.32. The fourth-order valence-corrected chi connectivity index (χ4v) is 3.19. The number of fused-ring (bicyclic) bond motifs is 1. The molecule has 0 saturated heterocycles. The van der Waals surface area contributed by atoms with Gasteiger partial charge in [0, 0.05) is 28.3 Å². The van der Waals surface area contributed by atoms with Gasteiger partial charge in [0.1, 0.15) is 5.02 Å². The average Bonchev–Trinajstić information content (AvgIpc) is 2.61. The van der Waals surface area contributed by atoms with Gasteiger partial charge in [-0.1, -0.05) is 24.6 Å². The number of halogens is 1. The van der Waals surface area contributed by atoms with E-state index >= 15 is 0 Å². The Labute approximate surface area is 159 Å². The number of hydrogen-bond donors (Lipinski definition) is 2. The number of nitro benzene ring substituents is 1. The quantitative estimate of drug-likeness (QED) is 0.518. The third kappa shape index (κ3) is 3.54. The molecule has 8 heteroatoms. The van der Waals surface area contributed by atoms with E-state index in [-0.39, 0.29) is 21.8 Å².